The molecular formula is C11H12N2O4S2. The van der Waals surface area contributed by atoms with Gasteiger partial charge in [-0.3, -0.25) is 4.72 Å². The van der Waals surface area contributed by atoms with Gasteiger partial charge in [0.2, 0.25) is 10.0 Å². The fraction of sp³-hybridized carbons (Fsp3) is 0.455. The predicted octanol–water partition coefficient (Wildman–Crippen LogP) is 1.59. The largest absolute Gasteiger partial charge is 0.478 e. The monoisotopic (exact) mass is 300 g/mol. The van der Waals surface area contributed by atoms with E-state index in [9.17, 15) is 18.3 Å². The molecule has 0 spiro atoms. The van der Waals surface area contributed by atoms with E-state index in [4.69, 9.17) is 5.26 Å². The van der Waals surface area contributed by atoms with Crippen molar-refractivity contribution in [3.8, 4) is 6.07 Å². The van der Waals surface area contributed by atoms with Crippen molar-refractivity contribution in [2.75, 3.05) is 10.5 Å². The van der Waals surface area contributed by atoms with Crippen LogP contribution < -0.4 is 4.72 Å². The molecule has 2 N–H and O–H groups in total. The van der Waals surface area contributed by atoms with Crippen molar-refractivity contribution >= 4 is 32.3 Å². The molecule has 0 fully saturated rings. The van der Waals surface area contributed by atoms with Crippen molar-refractivity contribution in [1.82, 2.24) is 0 Å². The summed E-state index contributed by atoms with van der Waals surface area (Å²) < 4.78 is 25.3. The third-order valence-corrected chi connectivity index (χ3v) is 5.25. The second kappa shape index (κ2) is 5.19. The Bertz CT molecular complexity index is 655. The highest BCUT2D eigenvalue weighted by Gasteiger charge is 2.27. The van der Waals surface area contributed by atoms with Gasteiger partial charge in [0.1, 0.15) is 5.00 Å². The van der Waals surface area contributed by atoms with Gasteiger partial charge >= 0.3 is 5.97 Å². The first-order valence-electron chi connectivity index (χ1n) is 5.70. The van der Waals surface area contributed by atoms with Crippen LogP contribution in [-0.2, 0) is 22.9 Å². The van der Waals surface area contributed by atoms with Crippen LogP contribution in [0.15, 0.2) is 0 Å². The molecule has 0 aromatic carbocycles. The molecule has 1 heterocycles. The average Bonchev–Trinajstić information content (AvgIpc) is 2.65. The summed E-state index contributed by atoms with van der Waals surface area (Å²) in [4.78, 5) is 12.2. The Balaban J connectivity index is 2.44. The van der Waals surface area contributed by atoms with Gasteiger partial charge in [-0.25, -0.2) is 13.2 Å². The molecule has 0 saturated carbocycles. The predicted molar refractivity (Wildman–Crippen MR) is 70.9 cm³/mol. The summed E-state index contributed by atoms with van der Waals surface area (Å²) in [5.74, 6) is -1.82. The lowest BCUT2D eigenvalue weighted by Gasteiger charge is -2.10. The van der Waals surface area contributed by atoms with E-state index in [-0.39, 0.29) is 10.6 Å². The van der Waals surface area contributed by atoms with Crippen molar-refractivity contribution in [2.24, 2.45) is 0 Å². The average molecular weight is 300 g/mol. The van der Waals surface area contributed by atoms with E-state index >= 15 is 0 Å². The normalized spacial score (nSPS) is 14.5. The van der Waals surface area contributed by atoms with E-state index in [0.717, 1.165) is 41.0 Å². The van der Waals surface area contributed by atoms with Gasteiger partial charge in [-0.2, -0.15) is 5.26 Å². The topological polar surface area (TPSA) is 107 Å². The van der Waals surface area contributed by atoms with Crippen LogP contribution in [0.25, 0.3) is 0 Å². The second-order valence-corrected chi connectivity index (χ2v) is 7.07. The van der Waals surface area contributed by atoms with Gasteiger partial charge in [0.25, 0.3) is 0 Å². The first-order chi connectivity index (χ1) is 8.94. The molecular weight excluding hydrogens is 288 g/mol. The van der Waals surface area contributed by atoms with Crippen LogP contribution in [0.3, 0.4) is 0 Å². The van der Waals surface area contributed by atoms with Gasteiger partial charge in [-0.1, -0.05) is 0 Å². The maximum atomic E-state index is 11.6. The fourth-order valence-electron chi connectivity index (χ4n) is 2.13. The van der Waals surface area contributed by atoms with Gasteiger partial charge in [0, 0.05) is 4.88 Å². The number of nitrogens with zero attached hydrogens (tertiary/aromatic N) is 1. The van der Waals surface area contributed by atoms with Crippen LogP contribution in [0.5, 0.6) is 0 Å². The minimum atomic E-state index is -3.80. The Morgan fingerprint density at radius 3 is 2.74 bits per heavy atom. The molecule has 1 aliphatic rings. The number of nitrogens with one attached hydrogen (secondary N) is 1. The Morgan fingerprint density at radius 1 is 1.42 bits per heavy atom. The summed E-state index contributed by atoms with van der Waals surface area (Å²) in [6, 6.07) is 1.55. The Kier molecular flexibility index (Phi) is 3.78. The lowest BCUT2D eigenvalue weighted by Crippen LogP contribution is -2.17. The van der Waals surface area contributed by atoms with Gasteiger partial charge in [0.05, 0.1) is 11.6 Å². The number of carboxylic acid groups (broad SMARTS) is 1. The maximum Gasteiger partial charge on any atom is 0.339 e. The fourth-order valence-corrected chi connectivity index (χ4v) is 4.43. The molecule has 0 saturated heterocycles. The zero-order valence-corrected chi connectivity index (χ0v) is 11.6. The maximum absolute atomic E-state index is 11.6. The summed E-state index contributed by atoms with van der Waals surface area (Å²) in [5, 5.41) is 17.8. The van der Waals surface area contributed by atoms with E-state index in [2.05, 4.69) is 4.72 Å². The van der Waals surface area contributed by atoms with Gasteiger partial charge in [0.15, 0.2) is 5.75 Å². The van der Waals surface area contributed by atoms with Crippen LogP contribution in [-0.4, -0.2) is 25.2 Å². The molecule has 1 aromatic heterocycles. The van der Waals surface area contributed by atoms with Gasteiger partial charge < -0.3 is 5.11 Å². The summed E-state index contributed by atoms with van der Waals surface area (Å²) in [6.45, 7) is 0. The summed E-state index contributed by atoms with van der Waals surface area (Å²) >= 11 is 1.16. The summed E-state index contributed by atoms with van der Waals surface area (Å²) in [5.41, 5.74) is 0.777. The molecule has 6 nitrogen and oxygen atoms in total. The minimum absolute atomic E-state index is 0.0428. The number of carbonyl (C=O) groups is 1. The molecule has 0 unspecified atom stereocenters. The molecule has 19 heavy (non-hydrogen) atoms. The number of hydrogen-bond donors (Lipinski definition) is 2. The number of hydrogen-bond acceptors (Lipinski definition) is 5. The van der Waals surface area contributed by atoms with Gasteiger partial charge in [-0.05, 0) is 31.2 Å². The Morgan fingerprint density at radius 2 is 2.11 bits per heavy atom. The summed E-state index contributed by atoms with van der Waals surface area (Å²) in [7, 11) is -3.80. The van der Waals surface area contributed by atoms with E-state index < -0.39 is 21.7 Å². The molecule has 1 aliphatic carbocycles. The number of aryl methyl sites for hydroxylation is 1. The van der Waals surface area contributed by atoms with Crippen molar-refractivity contribution < 1.29 is 18.3 Å². The van der Waals surface area contributed by atoms with Crippen LogP contribution in [0.4, 0.5) is 5.00 Å². The lowest BCUT2D eigenvalue weighted by atomic mass is 9.96. The van der Waals surface area contributed by atoms with Crippen LogP contribution >= 0.6 is 11.3 Å². The van der Waals surface area contributed by atoms with E-state index in [1.165, 1.54) is 0 Å². The lowest BCUT2D eigenvalue weighted by molar-refractivity contribution is 0.0697. The van der Waals surface area contributed by atoms with Gasteiger partial charge in [-0.15, -0.1) is 11.3 Å². The zero-order chi connectivity index (χ0) is 14.0. The second-order valence-electron chi connectivity index (χ2n) is 4.24. The van der Waals surface area contributed by atoms with E-state index in [1.807, 2.05) is 0 Å². The summed E-state index contributed by atoms with van der Waals surface area (Å²) in [6.07, 6.45) is 3.33. The first-order valence-corrected chi connectivity index (χ1v) is 8.17. The molecule has 8 heteroatoms. The zero-order valence-electron chi connectivity index (χ0n) is 9.97. The molecule has 0 atom stereocenters. The quantitative estimate of drug-likeness (QED) is 0.878. The first kappa shape index (κ1) is 13.8. The van der Waals surface area contributed by atoms with Crippen LogP contribution in [0.1, 0.15) is 33.6 Å². The van der Waals surface area contributed by atoms with Crippen molar-refractivity contribution in [3.63, 3.8) is 0 Å². The molecule has 0 bridgehead atoms. The highest BCUT2D eigenvalue weighted by atomic mass is 32.2. The molecule has 1 aromatic rings. The number of fused-ring (bicyclic) bond motifs is 1. The van der Waals surface area contributed by atoms with Crippen LogP contribution in [0, 0.1) is 11.3 Å². The van der Waals surface area contributed by atoms with E-state index in [1.54, 1.807) is 6.07 Å². The standard InChI is InChI=1S/C11H12N2O4S2/c12-5-6-19(16,17)13-10-9(11(14)15)7-3-1-2-4-8(7)18-10/h13H,1-4,6H2,(H,14,15). The molecule has 0 aliphatic heterocycles. The third kappa shape index (κ3) is 2.88. The molecule has 102 valence electrons. The number of sulfonamides is 1. The minimum Gasteiger partial charge on any atom is -0.478 e. The van der Waals surface area contributed by atoms with Crippen molar-refractivity contribution in [3.05, 3.63) is 16.0 Å². The number of nitriles is 1. The number of carboxylic acids is 1. The molecule has 2 rings (SSSR count). The number of thiophene rings is 1. The highest BCUT2D eigenvalue weighted by molar-refractivity contribution is 7.93. The molecule has 0 radical (unpaired) electrons. The van der Waals surface area contributed by atoms with Crippen molar-refractivity contribution in [1.29, 1.82) is 5.26 Å². The highest BCUT2D eigenvalue weighted by Crippen LogP contribution is 2.38. The third-order valence-electron chi connectivity index (χ3n) is 2.89. The molecule has 0 amide bonds. The van der Waals surface area contributed by atoms with Crippen LogP contribution in [0.2, 0.25) is 0 Å². The van der Waals surface area contributed by atoms with Crippen molar-refractivity contribution in [2.45, 2.75) is 25.7 Å². The number of rotatable bonds is 4. The Hall–Kier alpha value is -1.59. The number of aromatic carboxylic acids is 1. The number of anilines is 1. The SMILES string of the molecule is N#CCS(=O)(=O)Nc1sc2c(c1C(=O)O)CCCC2. The smallest absolute Gasteiger partial charge is 0.339 e. The Labute approximate surface area is 114 Å². The van der Waals surface area contributed by atoms with E-state index in [0.29, 0.717) is 6.42 Å².